The van der Waals surface area contributed by atoms with Crippen LogP contribution in [0.25, 0.3) is 0 Å². The first-order valence-electron chi connectivity index (χ1n) is 7.99. The van der Waals surface area contributed by atoms with E-state index in [1.54, 1.807) is 11.3 Å². The first kappa shape index (κ1) is 15.1. The fourth-order valence-electron chi connectivity index (χ4n) is 2.98. The van der Waals surface area contributed by atoms with Gasteiger partial charge in [-0.1, -0.05) is 29.4 Å². The maximum atomic E-state index is 12.5. The highest BCUT2D eigenvalue weighted by Gasteiger charge is 2.31. The third-order valence-corrected chi connectivity index (χ3v) is 5.12. The molecule has 1 amide bonds. The van der Waals surface area contributed by atoms with Crippen molar-refractivity contribution < 1.29 is 9.32 Å². The van der Waals surface area contributed by atoms with Crippen molar-refractivity contribution in [2.24, 2.45) is 0 Å². The lowest BCUT2D eigenvalue weighted by molar-refractivity contribution is 0.0789. The van der Waals surface area contributed by atoms with E-state index in [9.17, 15) is 4.79 Å². The van der Waals surface area contributed by atoms with Gasteiger partial charge in [0.05, 0.1) is 5.92 Å². The van der Waals surface area contributed by atoms with Crippen LogP contribution >= 0.6 is 11.3 Å². The molecule has 122 valence electrons. The largest absolute Gasteiger partial charge is 0.339 e. The minimum absolute atomic E-state index is 0.0661. The van der Waals surface area contributed by atoms with Gasteiger partial charge in [-0.05, 0) is 30.0 Å². The summed E-state index contributed by atoms with van der Waals surface area (Å²) in [7, 11) is 0. The number of nitrogens with zero attached hydrogens (tertiary/aromatic N) is 3. The van der Waals surface area contributed by atoms with E-state index in [-0.39, 0.29) is 11.8 Å². The summed E-state index contributed by atoms with van der Waals surface area (Å²) in [6, 6.07) is 13.5. The van der Waals surface area contributed by atoms with Crippen molar-refractivity contribution in [3.05, 3.63) is 70.0 Å². The predicted molar refractivity (Wildman–Crippen MR) is 91.1 cm³/mol. The molecule has 1 unspecified atom stereocenters. The standard InChI is InChI=1S/C18H17N3O2S/c22-18(13-5-2-1-3-6-13)21-9-8-14(12-21)17-19-16(20-23-17)11-15-7-4-10-24-15/h1-7,10,14H,8-9,11-12H2. The second-order valence-electron chi connectivity index (χ2n) is 5.91. The van der Waals surface area contributed by atoms with E-state index in [2.05, 4.69) is 16.2 Å². The molecule has 5 nitrogen and oxygen atoms in total. The highest BCUT2D eigenvalue weighted by atomic mass is 32.1. The number of benzene rings is 1. The van der Waals surface area contributed by atoms with Gasteiger partial charge in [-0.25, -0.2) is 0 Å². The Morgan fingerprint density at radius 3 is 2.92 bits per heavy atom. The number of amides is 1. The molecular formula is C18H17N3O2S. The molecule has 4 rings (SSSR count). The zero-order valence-electron chi connectivity index (χ0n) is 13.1. The number of thiophene rings is 1. The number of carbonyl (C=O) groups excluding carboxylic acids is 1. The normalized spacial score (nSPS) is 17.3. The summed E-state index contributed by atoms with van der Waals surface area (Å²) in [6.07, 6.45) is 1.56. The highest BCUT2D eigenvalue weighted by Crippen LogP contribution is 2.27. The molecule has 6 heteroatoms. The number of aromatic nitrogens is 2. The van der Waals surface area contributed by atoms with Crippen LogP contribution in [0.2, 0.25) is 0 Å². The molecule has 0 bridgehead atoms. The topological polar surface area (TPSA) is 59.2 Å². The summed E-state index contributed by atoms with van der Waals surface area (Å²) in [5.74, 6) is 1.55. The lowest BCUT2D eigenvalue weighted by Crippen LogP contribution is -2.28. The Morgan fingerprint density at radius 2 is 2.12 bits per heavy atom. The third kappa shape index (κ3) is 3.10. The molecular weight excluding hydrogens is 322 g/mol. The van der Waals surface area contributed by atoms with Gasteiger partial charge in [0, 0.05) is 30.0 Å². The van der Waals surface area contributed by atoms with Crippen molar-refractivity contribution in [2.75, 3.05) is 13.1 Å². The predicted octanol–water partition coefficient (Wildman–Crippen LogP) is 3.35. The summed E-state index contributed by atoms with van der Waals surface area (Å²) < 4.78 is 5.44. The minimum Gasteiger partial charge on any atom is -0.339 e. The quantitative estimate of drug-likeness (QED) is 0.731. The summed E-state index contributed by atoms with van der Waals surface area (Å²) in [4.78, 5) is 20.1. The lowest BCUT2D eigenvalue weighted by atomic mass is 10.1. The molecule has 0 radical (unpaired) electrons. The van der Waals surface area contributed by atoms with Crippen LogP contribution in [0.1, 0.15) is 39.3 Å². The van der Waals surface area contributed by atoms with Crippen molar-refractivity contribution in [1.82, 2.24) is 15.0 Å². The Hall–Kier alpha value is -2.47. The van der Waals surface area contributed by atoms with E-state index in [1.807, 2.05) is 46.7 Å². The average molecular weight is 339 g/mol. The second kappa shape index (κ2) is 6.57. The Kier molecular flexibility index (Phi) is 4.13. The molecule has 0 aliphatic carbocycles. The monoisotopic (exact) mass is 339 g/mol. The maximum absolute atomic E-state index is 12.5. The summed E-state index contributed by atoms with van der Waals surface area (Å²) in [5, 5.41) is 6.12. The maximum Gasteiger partial charge on any atom is 0.253 e. The fraction of sp³-hybridized carbons (Fsp3) is 0.278. The van der Waals surface area contributed by atoms with Crippen LogP contribution in [0.4, 0.5) is 0 Å². The minimum atomic E-state index is 0.0661. The van der Waals surface area contributed by atoms with Crippen molar-refractivity contribution in [1.29, 1.82) is 0 Å². The fourth-order valence-corrected chi connectivity index (χ4v) is 3.69. The van der Waals surface area contributed by atoms with Crippen molar-refractivity contribution >= 4 is 17.2 Å². The van der Waals surface area contributed by atoms with E-state index < -0.39 is 0 Å². The van der Waals surface area contributed by atoms with Crippen LogP contribution in [0.15, 0.2) is 52.4 Å². The molecule has 1 aliphatic rings. The van der Waals surface area contributed by atoms with Gasteiger partial charge in [0.25, 0.3) is 5.91 Å². The van der Waals surface area contributed by atoms with E-state index in [0.29, 0.717) is 24.7 Å². The van der Waals surface area contributed by atoms with Gasteiger partial charge in [-0.2, -0.15) is 4.98 Å². The Bertz CT molecular complexity index is 814. The molecule has 1 aromatic carbocycles. The number of hydrogen-bond donors (Lipinski definition) is 0. The molecule has 0 N–H and O–H groups in total. The van der Waals surface area contributed by atoms with Crippen molar-refractivity contribution in [2.45, 2.75) is 18.8 Å². The summed E-state index contributed by atoms with van der Waals surface area (Å²) in [6.45, 7) is 1.36. The van der Waals surface area contributed by atoms with Crippen molar-refractivity contribution in [3.8, 4) is 0 Å². The summed E-state index contributed by atoms with van der Waals surface area (Å²) >= 11 is 1.69. The molecule has 3 heterocycles. The molecule has 2 aromatic heterocycles. The Balaban J connectivity index is 1.42. The Morgan fingerprint density at radius 1 is 1.25 bits per heavy atom. The van der Waals surface area contributed by atoms with Crippen LogP contribution in [-0.4, -0.2) is 34.0 Å². The van der Waals surface area contributed by atoms with Crippen LogP contribution in [-0.2, 0) is 6.42 Å². The summed E-state index contributed by atoms with van der Waals surface area (Å²) in [5.41, 5.74) is 0.724. The van der Waals surface area contributed by atoms with Crippen LogP contribution in [0.3, 0.4) is 0 Å². The molecule has 1 aliphatic heterocycles. The van der Waals surface area contributed by atoms with E-state index in [4.69, 9.17) is 4.52 Å². The van der Waals surface area contributed by atoms with Crippen molar-refractivity contribution in [3.63, 3.8) is 0 Å². The van der Waals surface area contributed by atoms with Gasteiger partial charge in [0.1, 0.15) is 0 Å². The number of rotatable bonds is 4. The molecule has 0 saturated carbocycles. The highest BCUT2D eigenvalue weighted by molar-refractivity contribution is 7.09. The zero-order chi connectivity index (χ0) is 16.4. The van der Waals surface area contributed by atoms with Gasteiger partial charge in [-0.3, -0.25) is 4.79 Å². The number of likely N-dealkylation sites (tertiary alicyclic amines) is 1. The van der Waals surface area contributed by atoms with E-state index >= 15 is 0 Å². The van der Waals surface area contributed by atoms with Gasteiger partial charge in [0.2, 0.25) is 5.89 Å². The molecule has 1 fully saturated rings. The SMILES string of the molecule is O=C(c1ccccc1)N1CCC(c2nc(Cc3cccs3)no2)C1. The first-order chi connectivity index (χ1) is 11.8. The smallest absolute Gasteiger partial charge is 0.253 e. The molecule has 1 saturated heterocycles. The number of hydrogen-bond acceptors (Lipinski definition) is 5. The molecule has 3 aromatic rings. The average Bonchev–Trinajstić information content (AvgIpc) is 3.37. The molecule has 1 atom stereocenters. The van der Waals surface area contributed by atoms with Gasteiger partial charge >= 0.3 is 0 Å². The molecule has 0 spiro atoms. The zero-order valence-corrected chi connectivity index (χ0v) is 13.9. The van der Waals surface area contributed by atoms with Crippen LogP contribution in [0.5, 0.6) is 0 Å². The van der Waals surface area contributed by atoms with Gasteiger partial charge in [-0.15, -0.1) is 11.3 Å². The van der Waals surface area contributed by atoms with Crippen LogP contribution in [0, 0.1) is 0 Å². The first-order valence-corrected chi connectivity index (χ1v) is 8.87. The van der Waals surface area contributed by atoms with Gasteiger partial charge in [0.15, 0.2) is 5.82 Å². The third-order valence-electron chi connectivity index (χ3n) is 4.24. The van der Waals surface area contributed by atoms with Gasteiger partial charge < -0.3 is 9.42 Å². The lowest BCUT2D eigenvalue weighted by Gasteiger charge is -2.15. The molecule has 24 heavy (non-hydrogen) atoms. The second-order valence-corrected chi connectivity index (χ2v) is 6.94. The number of carbonyl (C=O) groups is 1. The van der Waals surface area contributed by atoms with Crippen LogP contribution < -0.4 is 0 Å². The Labute approximate surface area is 143 Å². The van der Waals surface area contributed by atoms with E-state index in [0.717, 1.165) is 18.5 Å². The van der Waals surface area contributed by atoms with E-state index in [1.165, 1.54) is 4.88 Å².